The third-order valence-corrected chi connectivity index (χ3v) is 15.5. The van der Waals surface area contributed by atoms with E-state index in [0.717, 1.165) is 37.1 Å². The Hall–Kier alpha value is -7.74. The zero-order valence-corrected chi connectivity index (χ0v) is 39.7. The van der Waals surface area contributed by atoms with Crippen molar-refractivity contribution in [1.82, 2.24) is 0 Å². The van der Waals surface area contributed by atoms with Gasteiger partial charge in [-0.2, -0.15) is 0 Å². The summed E-state index contributed by atoms with van der Waals surface area (Å²) >= 11 is 0. The lowest BCUT2D eigenvalue weighted by molar-refractivity contribution is 0.417. The van der Waals surface area contributed by atoms with Crippen LogP contribution >= 0.6 is 0 Å². The van der Waals surface area contributed by atoms with Gasteiger partial charge in [0.15, 0.2) is 0 Å². The summed E-state index contributed by atoms with van der Waals surface area (Å²) in [7, 11) is 0. The average molecular weight is 888 g/mol. The quantitative estimate of drug-likeness (QED) is 0.111. The predicted molar refractivity (Wildman–Crippen MR) is 292 cm³/mol. The van der Waals surface area contributed by atoms with Gasteiger partial charge in [-0.15, -0.1) is 0 Å². The first-order valence-electron chi connectivity index (χ1n) is 25.2. The van der Waals surface area contributed by atoms with Gasteiger partial charge in [-0.3, -0.25) is 0 Å². The molecule has 0 radical (unpaired) electrons. The molecular weight excluding hydrogens is 831 g/mol. The molecule has 10 aromatic carbocycles. The van der Waals surface area contributed by atoms with Gasteiger partial charge in [0.2, 0.25) is 0 Å². The van der Waals surface area contributed by atoms with E-state index in [0.29, 0.717) is 0 Å². The fourth-order valence-electron chi connectivity index (χ4n) is 12.5. The molecule has 1 atom stereocenters. The smallest absolute Gasteiger partial charge is 0.0720 e. The lowest BCUT2D eigenvalue weighted by atomic mass is 9.66. The first kappa shape index (κ1) is 42.6. The summed E-state index contributed by atoms with van der Waals surface area (Å²) < 4.78 is 0. The summed E-state index contributed by atoms with van der Waals surface area (Å²) in [5.74, 6) is 0. The number of benzene rings is 10. The van der Waals surface area contributed by atoms with Crippen LogP contribution in [-0.4, -0.2) is 0 Å². The third-order valence-electron chi connectivity index (χ3n) is 15.5. The van der Waals surface area contributed by atoms with Crippen LogP contribution in [0.15, 0.2) is 237 Å². The summed E-state index contributed by atoms with van der Waals surface area (Å²) in [6.07, 6.45) is 6.92. The SMILES string of the molecule is CCCCC1(CCCC)c2cc(N(c3ccc4c(c3)C(c3ccccc3)(c3ccccc3-c3ccccc3)c3ccccc3-4)c3ccccc3-c3ccccc3)ccc2-c2ccc3ccccc3c21. The molecule has 0 aliphatic heterocycles. The second kappa shape index (κ2) is 17.7. The standard InChI is InChI=1S/C68H57N/c1-3-5-44-67(45-6-4-2)63-46-52(40-43-59(63)60-41-38-50-28-16-17-33-56(50)66(60)67)69(65-37-23-20-32-55(65)49-26-12-8-13-27-49)53-39-42-58-57-34-19-22-36-62(57)68(64(58)47-53,51-29-14-9-15-30-51)61-35-21-18-31-54(61)48-24-10-7-11-25-48/h7-43,46-47H,3-6,44-45H2,1-2H3. The molecule has 0 spiro atoms. The maximum Gasteiger partial charge on any atom is 0.0720 e. The first-order valence-corrected chi connectivity index (χ1v) is 25.2. The topological polar surface area (TPSA) is 3.24 Å². The third kappa shape index (κ3) is 6.81. The van der Waals surface area contributed by atoms with Gasteiger partial charge in [-0.25, -0.2) is 0 Å². The van der Waals surface area contributed by atoms with Gasteiger partial charge in [0.05, 0.1) is 11.1 Å². The molecule has 0 fully saturated rings. The van der Waals surface area contributed by atoms with Crippen LogP contribution in [0.4, 0.5) is 17.1 Å². The van der Waals surface area contributed by atoms with Gasteiger partial charge in [0, 0.05) is 22.4 Å². The molecule has 12 rings (SSSR count). The van der Waals surface area contributed by atoms with E-state index < -0.39 is 5.41 Å². The van der Waals surface area contributed by atoms with E-state index in [9.17, 15) is 0 Å². The molecule has 0 bridgehead atoms. The normalized spacial score (nSPS) is 15.0. The molecule has 0 aromatic heterocycles. The molecule has 0 saturated carbocycles. The predicted octanol–water partition coefficient (Wildman–Crippen LogP) is 18.7. The Balaban J connectivity index is 1.15. The Morgan fingerprint density at radius 3 is 1.51 bits per heavy atom. The fraction of sp³-hybridized carbons (Fsp3) is 0.147. The van der Waals surface area contributed by atoms with E-state index in [4.69, 9.17) is 0 Å². The highest BCUT2D eigenvalue weighted by atomic mass is 15.1. The Kier molecular flexibility index (Phi) is 10.9. The highest BCUT2D eigenvalue weighted by Gasteiger charge is 2.48. The zero-order valence-electron chi connectivity index (χ0n) is 39.7. The van der Waals surface area contributed by atoms with Crippen LogP contribution in [0.2, 0.25) is 0 Å². The summed E-state index contributed by atoms with van der Waals surface area (Å²) in [5, 5.41) is 2.73. The molecule has 0 N–H and O–H groups in total. The Labute approximate surface area is 408 Å². The van der Waals surface area contributed by atoms with E-state index in [-0.39, 0.29) is 5.41 Å². The average Bonchev–Trinajstić information content (AvgIpc) is 3.87. The minimum absolute atomic E-state index is 0.110. The van der Waals surface area contributed by atoms with Crippen molar-refractivity contribution in [2.24, 2.45) is 0 Å². The number of rotatable bonds is 13. The zero-order chi connectivity index (χ0) is 46.4. The van der Waals surface area contributed by atoms with Crippen LogP contribution in [0.25, 0.3) is 55.3 Å². The van der Waals surface area contributed by atoms with Crippen molar-refractivity contribution in [2.45, 2.75) is 63.2 Å². The Bertz CT molecular complexity index is 3470. The van der Waals surface area contributed by atoms with Crippen molar-refractivity contribution >= 4 is 27.8 Å². The second-order valence-corrected chi connectivity index (χ2v) is 19.3. The van der Waals surface area contributed by atoms with Gasteiger partial charge < -0.3 is 4.90 Å². The molecule has 1 unspecified atom stereocenters. The van der Waals surface area contributed by atoms with Crippen LogP contribution < -0.4 is 4.90 Å². The van der Waals surface area contributed by atoms with E-state index in [1.54, 1.807) is 0 Å². The summed E-state index contributed by atoms with van der Waals surface area (Å²) in [5.41, 5.74) is 21.1. The van der Waals surface area contributed by atoms with Gasteiger partial charge >= 0.3 is 0 Å². The number of hydrogen-bond acceptors (Lipinski definition) is 1. The largest absolute Gasteiger partial charge is 0.310 e. The molecule has 10 aromatic rings. The monoisotopic (exact) mass is 887 g/mol. The molecular formula is C68H57N. The number of fused-ring (bicyclic) bond motifs is 8. The van der Waals surface area contributed by atoms with Crippen LogP contribution in [0, 0.1) is 0 Å². The van der Waals surface area contributed by atoms with Crippen LogP contribution in [0.1, 0.15) is 85.8 Å². The van der Waals surface area contributed by atoms with Crippen molar-refractivity contribution in [3.8, 4) is 44.5 Å². The summed E-state index contributed by atoms with van der Waals surface area (Å²) in [6, 6.07) is 89.2. The molecule has 2 aliphatic rings. The Morgan fingerprint density at radius 2 is 0.841 bits per heavy atom. The van der Waals surface area contributed by atoms with E-state index in [1.165, 1.54) is 107 Å². The number of unbranched alkanes of at least 4 members (excludes halogenated alkanes) is 2. The number of anilines is 3. The van der Waals surface area contributed by atoms with E-state index in [1.807, 2.05) is 0 Å². The van der Waals surface area contributed by atoms with Gasteiger partial charge in [0.1, 0.15) is 0 Å². The lowest BCUT2D eigenvalue weighted by Gasteiger charge is -2.37. The van der Waals surface area contributed by atoms with Gasteiger partial charge in [-0.05, 0) is 126 Å². The van der Waals surface area contributed by atoms with Crippen molar-refractivity contribution in [3.63, 3.8) is 0 Å². The molecule has 0 heterocycles. The highest BCUT2D eigenvalue weighted by molar-refractivity contribution is 5.99. The molecule has 334 valence electrons. The number of hydrogen-bond donors (Lipinski definition) is 0. The molecule has 1 nitrogen and oxygen atoms in total. The molecule has 0 amide bonds. The minimum atomic E-state index is -0.615. The van der Waals surface area contributed by atoms with Crippen LogP contribution in [0.5, 0.6) is 0 Å². The van der Waals surface area contributed by atoms with Crippen molar-refractivity contribution in [3.05, 3.63) is 270 Å². The summed E-state index contributed by atoms with van der Waals surface area (Å²) in [4.78, 5) is 2.58. The van der Waals surface area contributed by atoms with Crippen molar-refractivity contribution in [2.75, 3.05) is 4.90 Å². The van der Waals surface area contributed by atoms with Crippen LogP contribution in [-0.2, 0) is 10.8 Å². The highest BCUT2D eigenvalue weighted by Crippen LogP contribution is 2.61. The van der Waals surface area contributed by atoms with Crippen molar-refractivity contribution < 1.29 is 0 Å². The summed E-state index contributed by atoms with van der Waals surface area (Å²) in [6.45, 7) is 4.71. The lowest BCUT2D eigenvalue weighted by Crippen LogP contribution is -2.29. The first-order chi connectivity index (χ1) is 34.2. The maximum atomic E-state index is 2.61. The number of nitrogens with zero attached hydrogens (tertiary/aromatic N) is 1. The molecule has 0 saturated heterocycles. The molecule has 2 aliphatic carbocycles. The van der Waals surface area contributed by atoms with E-state index >= 15 is 0 Å². The minimum Gasteiger partial charge on any atom is -0.310 e. The van der Waals surface area contributed by atoms with E-state index in [2.05, 4.69) is 255 Å². The number of para-hydroxylation sites is 1. The van der Waals surface area contributed by atoms with Gasteiger partial charge in [0.25, 0.3) is 0 Å². The molecule has 1 heteroatoms. The van der Waals surface area contributed by atoms with Gasteiger partial charge in [-0.1, -0.05) is 246 Å². The molecule has 69 heavy (non-hydrogen) atoms. The second-order valence-electron chi connectivity index (χ2n) is 19.3. The Morgan fingerprint density at radius 1 is 0.362 bits per heavy atom. The maximum absolute atomic E-state index is 2.61. The van der Waals surface area contributed by atoms with Crippen molar-refractivity contribution in [1.29, 1.82) is 0 Å². The van der Waals surface area contributed by atoms with Crippen LogP contribution in [0.3, 0.4) is 0 Å². The fourth-order valence-corrected chi connectivity index (χ4v) is 12.5.